The second-order valence-corrected chi connectivity index (χ2v) is 8.36. The molecule has 0 amide bonds. The van der Waals surface area contributed by atoms with Crippen LogP contribution in [0.2, 0.25) is 0 Å². The topological polar surface area (TPSA) is 46.2 Å². The maximum atomic E-state index is 11.9. The number of sulfonamides is 1. The van der Waals surface area contributed by atoms with Crippen molar-refractivity contribution in [2.75, 3.05) is 12.3 Å². The quantitative estimate of drug-likeness (QED) is 0.794. The van der Waals surface area contributed by atoms with Gasteiger partial charge in [0.05, 0.1) is 0 Å². The molecule has 0 unspecified atom stereocenters. The highest BCUT2D eigenvalue weighted by atomic mass is 32.2. The van der Waals surface area contributed by atoms with E-state index in [2.05, 4.69) is 23.8 Å². The van der Waals surface area contributed by atoms with Crippen molar-refractivity contribution in [1.82, 2.24) is 4.72 Å². The third kappa shape index (κ3) is 4.34. The number of benzene rings is 1. The standard InChI is InChI=1S/C14H17NO2S3/c1-12-5-2-3-6-13(12)11-18-10-8-15-20(16,17)14-7-4-9-19-14/h2-7,9,15H,8,10-11H2,1H3. The monoisotopic (exact) mass is 327 g/mol. The lowest BCUT2D eigenvalue weighted by molar-refractivity contribution is 0.586. The minimum absolute atomic E-state index is 0.376. The second kappa shape index (κ2) is 7.26. The fourth-order valence-electron chi connectivity index (χ4n) is 1.69. The number of hydrogen-bond acceptors (Lipinski definition) is 4. The van der Waals surface area contributed by atoms with E-state index in [0.717, 1.165) is 11.5 Å². The average Bonchev–Trinajstić information content (AvgIpc) is 2.95. The van der Waals surface area contributed by atoms with Crippen LogP contribution in [0.3, 0.4) is 0 Å². The molecule has 0 saturated carbocycles. The van der Waals surface area contributed by atoms with Crippen LogP contribution < -0.4 is 4.72 Å². The van der Waals surface area contributed by atoms with Gasteiger partial charge in [-0.05, 0) is 29.5 Å². The first-order chi connectivity index (χ1) is 9.59. The number of rotatable bonds is 7. The number of hydrogen-bond donors (Lipinski definition) is 1. The third-order valence-corrected chi connectivity index (χ3v) is 6.68. The molecule has 0 aliphatic carbocycles. The first-order valence-corrected chi connectivity index (χ1v) is 9.77. The van der Waals surface area contributed by atoms with Gasteiger partial charge in [0.25, 0.3) is 0 Å². The summed E-state index contributed by atoms with van der Waals surface area (Å²) in [6.45, 7) is 2.55. The second-order valence-electron chi connectivity index (χ2n) is 4.31. The Hall–Kier alpha value is -0.820. The van der Waals surface area contributed by atoms with Gasteiger partial charge in [0.2, 0.25) is 10.0 Å². The van der Waals surface area contributed by atoms with Crippen molar-refractivity contribution in [3.63, 3.8) is 0 Å². The molecule has 0 saturated heterocycles. The van der Waals surface area contributed by atoms with E-state index in [1.807, 2.05) is 12.1 Å². The van der Waals surface area contributed by atoms with Crippen LogP contribution >= 0.6 is 23.1 Å². The van der Waals surface area contributed by atoms with Crippen LogP contribution in [-0.2, 0) is 15.8 Å². The van der Waals surface area contributed by atoms with Crippen LogP contribution in [0, 0.1) is 6.92 Å². The van der Waals surface area contributed by atoms with Crippen molar-refractivity contribution in [3.05, 3.63) is 52.9 Å². The first-order valence-electron chi connectivity index (χ1n) is 6.25. The molecule has 0 radical (unpaired) electrons. The molecule has 0 fully saturated rings. The molecule has 108 valence electrons. The minimum atomic E-state index is -3.32. The van der Waals surface area contributed by atoms with Gasteiger partial charge in [-0.25, -0.2) is 13.1 Å². The summed E-state index contributed by atoms with van der Waals surface area (Å²) in [4.78, 5) is 0. The lowest BCUT2D eigenvalue weighted by Crippen LogP contribution is -2.25. The highest BCUT2D eigenvalue weighted by Gasteiger charge is 2.13. The van der Waals surface area contributed by atoms with Gasteiger partial charge in [-0.2, -0.15) is 11.8 Å². The van der Waals surface area contributed by atoms with Crippen molar-refractivity contribution in [2.24, 2.45) is 0 Å². The molecule has 1 heterocycles. The van der Waals surface area contributed by atoms with E-state index in [1.54, 1.807) is 29.3 Å². The Morgan fingerprint density at radius 2 is 2.00 bits per heavy atom. The summed E-state index contributed by atoms with van der Waals surface area (Å²) in [6.07, 6.45) is 0. The SMILES string of the molecule is Cc1ccccc1CSCCNS(=O)(=O)c1cccs1. The van der Waals surface area contributed by atoms with Crippen LogP contribution in [-0.4, -0.2) is 20.7 Å². The van der Waals surface area contributed by atoms with Crippen molar-refractivity contribution in [3.8, 4) is 0 Å². The molecule has 0 aliphatic heterocycles. The van der Waals surface area contributed by atoms with Crippen LogP contribution in [0.15, 0.2) is 46.0 Å². The van der Waals surface area contributed by atoms with Gasteiger partial charge in [-0.1, -0.05) is 30.3 Å². The molecule has 0 aliphatic rings. The molecular formula is C14H17NO2S3. The zero-order valence-corrected chi connectivity index (χ0v) is 13.7. The zero-order valence-electron chi connectivity index (χ0n) is 11.2. The number of aryl methyl sites for hydroxylation is 1. The first kappa shape index (κ1) is 15.6. The van der Waals surface area contributed by atoms with Crippen molar-refractivity contribution in [2.45, 2.75) is 16.9 Å². The summed E-state index contributed by atoms with van der Waals surface area (Å²) in [5.74, 6) is 1.67. The Balaban J connectivity index is 1.74. The smallest absolute Gasteiger partial charge is 0.210 e. The molecule has 1 aromatic heterocycles. The van der Waals surface area contributed by atoms with Crippen LogP contribution in [0.1, 0.15) is 11.1 Å². The molecule has 0 atom stereocenters. The molecule has 0 bridgehead atoms. The maximum Gasteiger partial charge on any atom is 0.250 e. The third-order valence-electron chi connectivity index (χ3n) is 2.82. The highest BCUT2D eigenvalue weighted by Crippen LogP contribution is 2.17. The predicted molar refractivity (Wildman–Crippen MR) is 86.8 cm³/mol. The number of thiophene rings is 1. The Labute approximate surface area is 128 Å². The van der Waals surface area contributed by atoms with E-state index in [4.69, 9.17) is 0 Å². The molecule has 1 N–H and O–H groups in total. The van der Waals surface area contributed by atoms with E-state index >= 15 is 0 Å². The van der Waals surface area contributed by atoms with Gasteiger partial charge in [0.1, 0.15) is 4.21 Å². The molecule has 20 heavy (non-hydrogen) atoms. The van der Waals surface area contributed by atoms with E-state index in [0.29, 0.717) is 10.8 Å². The zero-order chi connectivity index (χ0) is 14.4. The van der Waals surface area contributed by atoms with Gasteiger partial charge >= 0.3 is 0 Å². The molecule has 1 aromatic carbocycles. The van der Waals surface area contributed by atoms with Gasteiger partial charge in [0.15, 0.2) is 0 Å². The molecule has 3 nitrogen and oxygen atoms in total. The lowest BCUT2D eigenvalue weighted by atomic mass is 10.1. The average molecular weight is 327 g/mol. The largest absolute Gasteiger partial charge is 0.250 e. The van der Waals surface area contributed by atoms with Crippen LogP contribution in [0.4, 0.5) is 0 Å². The predicted octanol–water partition coefficient (Wildman–Crippen LogP) is 3.27. The van der Waals surface area contributed by atoms with E-state index < -0.39 is 10.0 Å². The van der Waals surface area contributed by atoms with Crippen molar-refractivity contribution >= 4 is 33.1 Å². The van der Waals surface area contributed by atoms with Gasteiger partial charge in [0, 0.05) is 18.1 Å². The van der Waals surface area contributed by atoms with E-state index in [9.17, 15) is 8.42 Å². The van der Waals surface area contributed by atoms with Gasteiger partial charge < -0.3 is 0 Å². The van der Waals surface area contributed by atoms with Gasteiger partial charge in [-0.3, -0.25) is 0 Å². The number of thioether (sulfide) groups is 1. The molecule has 0 spiro atoms. The maximum absolute atomic E-state index is 11.9. The Morgan fingerprint density at radius 1 is 1.20 bits per heavy atom. The fourth-order valence-corrected chi connectivity index (χ4v) is 4.82. The van der Waals surface area contributed by atoms with E-state index in [-0.39, 0.29) is 0 Å². The molecule has 2 rings (SSSR count). The normalized spacial score (nSPS) is 11.7. The highest BCUT2D eigenvalue weighted by molar-refractivity contribution is 7.98. The summed E-state index contributed by atoms with van der Waals surface area (Å²) in [7, 11) is -3.32. The molecule has 6 heteroatoms. The van der Waals surface area contributed by atoms with Crippen LogP contribution in [0.5, 0.6) is 0 Å². The molecular weight excluding hydrogens is 310 g/mol. The Bertz CT molecular complexity index is 636. The van der Waals surface area contributed by atoms with Crippen LogP contribution in [0.25, 0.3) is 0 Å². The summed E-state index contributed by atoms with van der Waals surface area (Å²) in [6, 6.07) is 11.6. The van der Waals surface area contributed by atoms with Crippen molar-refractivity contribution < 1.29 is 8.42 Å². The summed E-state index contributed by atoms with van der Waals surface area (Å²) >= 11 is 2.97. The molecule has 2 aromatic rings. The summed E-state index contributed by atoms with van der Waals surface area (Å²) in [5, 5.41) is 1.77. The minimum Gasteiger partial charge on any atom is -0.210 e. The van der Waals surface area contributed by atoms with E-state index in [1.165, 1.54) is 22.5 Å². The summed E-state index contributed by atoms with van der Waals surface area (Å²) in [5.41, 5.74) is 2.58. The van der Waals surface area contributed by atoms with Crippen molar-refractivity contribution in [1.29, 1.82) is 0 Å². The fraction of sp³-hybridized carbons (Fsp3) is 0.286. The summed E-state index contributed by atoms with van der Waals surface area (Å²) < 4.78 is 26.7. The lowest BCUT2D eigenvalue weighted by Gasteiger charge is -2.06. The van der Waals surface area contributed by atoms with Gasteiger partial charge in [-0.15, -0.1) is 11.3 Å². The number of nitrogens with one attached hydrogen (secondary N) is 1. The Kier molecular flexibility index (Phi) is 5.65. The Morgan fingerprint density at radius 3 is 2.70 bits per heavy atom.